The molecule has 0 aliphatic carbocycles. The number of aromatic nitrogens is 1. The van der Waals surface area contributed by atoms with Crippen LogP contribution >= 0.6 is 11.8 Å². The van der Waals surface area contributed by atoms with Crippen LogP contribution in [0.1, 0.15) is 64.5 Å². The summed E-state index contributed by atoms with van der Waals surface area (Å²) < 4.78 is 0. The fourth-order valence-corrected chi connectivity index (χ4v) is 10.5. The monoisotopic (exact) mass is 835 g/mol. The van der Waals surface area contributed by atoms with Gasteiger partial charge in [-0.15, -0.1) is 0 Å². The standard InChI is InChI=1S/C24H22GeNS.C13H24O2.Ir/c1-15-19-8-6-5-7-17(19)13-20-22-21-16(11-12-26-22)9-10-18(14-25(2,3)4)24(21)27-23(15)20;1-5-10(6-2)12(14)9-13(15)11(7-3)8-4;/h5-12H,14H2,1-4H3;9-11,14H,5-8H2,1-4H3;/q-1;;/b;12-9-;. The molecule has 5 rings (SSSR count). The number of allylic oxidation sites excluding steroid dienone is 2. The Bertz CT molecular complexity index is 1620. The van der Waals surface area contributed by atoms with Gasteiger partial charge in [0.2, 0.25) is 0 Å². The van der Waals surface area contributed by atoms with Crippen LogP contribution in [0.2, 0.25) is 17.3 Å². The maximum Gasteiger partial charge on any atom is 0 e. The van der Waals surface area contributed by atoms with E-state index in [0.717, 1.165) is 31.4 Å². The number of carbonyl (C=O) groups excluding carboxylic acids is 1. The Morgan fingerprint density at radius 2 is 1.60 bits per heavy atom. The Labute approximate surface area is 279 Å². The molecule has 0 spiro atoms. The predicted octanol–water partition coefficient (Wildman–Crippen LogP) is 10.9. The molecule has 2 heterocycles. The number of carbonyl (C=O) groups is 1. The summed E-state index contributed by atoms with van der Waals surface area (Å²) in [6.07, 6.45) is 6.85. The van der Waals surface area contributed by atoms with Gasteiger partial charge >= 0.3 is 168 Å². The van der Waals surface area contributed by atoms with Crippen molar-refractivity contribution in [1.29, 1.82) is 0 Å². The number of nitrogens with zero attached hydrogens (tertiary/aromatic N) is 1. The maximum atomic E-state index is 11.7. The molecule has 43 heavy (non-hydrogen) atoms. The smallest absolute Gasteiger partial charge is 0 e. The zero-order valence-electron chi connectivity index (χ0n) is 26.9. The van der Waals surface area contributed by atoms with Crippen molar-refractivity contribution >= 4 is 52.4 Å². The molecule has 3 aromatic carbocycles. The van der Waals surface area contributed by atoms with Gasteiger partial charge in [0.1, 0.15) is 0 Å². The van der Waals surface area contributed by atoms with Crippen LogP contribution in [0.25, 0.3) is 32.8 Å². The second kappa shape index (κ2) is 15.4. The van der Waals surface area contributed by atoms with Crippen molar-refractivity contribution in [3.63, 3.8) is 0 Å². The van der Waals surface area contributed by atoms with Gasteiger partial charge in [-0.3, -0.25) is 4.79 Å². The number of hydrogen-bond acceptors (Lipinski definition) is 4. The second-order valence-corrected chi connectivity index (χ2v) is 25.2. The van der Waals surface area contributed by atoms with Gasteiger partial charge in [-0.25, -0.2) is 0 Å². The van der Waals surface area contributed by atoms with Crippen LogP contribution in [0.15, 0.2) is 70.3 Å². The van der Waals surface area contributed by atoms with Crippen LogP contribution in [0.3, 0.4) is 0 Å². The summed E-state index contributed by atoms with van der Waals surface area (Å²) in [4.78, 5) is 19.3. The Balaban J connectivity index is 0.000000274. The molecule has 0 amide bonds. The average Bonchev–Trinajstić information content (AvgIpc) is 2.96. The number of aliphatic hydroxyl groups is 1. The number of hydrogen-bond donors (Lipinski definition) is 1. The van der Waals surface area contributed by atoms with E-state index in [1.165, 1.54) is 59.4 Å². The van der Waals surface area contributed by atoms with E-state index in [9.17, 15) is 9.90 Å². The molecule has 1 aliphatic rings. The molecular formula is C37H46GeIrNO2S-. The molecule has 1 radical (unpaired) electrons. The summed E-state index contributed by atoms with van der Waals surface area (Å²) in [5.74, 6) is 8.03. The van der Waals surface area contributed by atoms with Gasteiger partial charge in [-0.2, -0.15) is 0 Å². The first kappa shape index (κ1) is 35.6. The van der Waals surface area contributed by atoms with Crippen LogP contribution in [0.5, 0.6) is 0 Å². The topological polar surface area (TPSA) is 50.2 Å². The van der Waals surface area contributed by atoms with Gasteiger partial charge in [0.15, 0.2) is 5.78 Å². The van der Waals surface area contributed by atoms with Gasteiger partial charge < -0.3 is 5.11 Å². The summed E-state index contributed by atoms with van der Waals surface area (Å²) >= 11 is 0.213. The van der Waals surface area contributed by atoms with Crippen molar-refractivity contribution in [2.24, 2.45) is 11.8 Å². The number of pyridine rings is 1. The molecule has 0 unspecified atom stereocenters. The Hall–Kier alpha value is -1.92. The molecule has 0 fully saturated rings. The van der Waals surface area contributed by atoms with E-state index in [4.69, 9.17) is 4.98 Å². The number of ketones is 1. The molecule has 0 bridgehead atoms. The van der Waals surface area contributed by atoms with Crippen molar-refractivity contribution in [2.75, 3.05) is 0 Å². The molecule has 3 nitrogen and oxygen atoms in total. The van der Waals surface area contributed by atoms with Crippen LogP contribution in [0, 0.1) is 24.8 Å². The van der Waals surface area contributed by atoms with Gasteiger partial charge in [-0.1, -0.05) is 27.7 Å². The number of aliphatic hydroxyl groups excluding tert-OH is 1. The fourth-order valence-electron chi connectivity index (χ4n) is 5.89. The summed E-state index contributed by atoms with van der Waals surface area (Å²) in [7, 11) is 0. The van der Waals surface area contributed by atoms with E-state index in [1.807, 2.05) is 45.7 Å². The molecular weight excluding hydrogens is 787 g/mol. The first-order valence-corrected chi connectivity index (χ1v) is 24.1. The van der Waals surface area contributed by atoms with Gasteiger partial charge in [0.05, 0.1) is 5.76 Å². The third-order valence-corrected chi connectivity index (χ3v) is 12.8. The van der Waals surface area contributed by atoms with Crippen LogP contribution in [-0.4, -0.2) is 29.1 Å². The Kier molecular flexibility index (Phi) is 12.7. The van der Waals surface area contributed by atoms with Crippen molar-refractivity contribution in [1.82, 2.24) is 4.98 Å². The minimum atomic E-state index is -1.73. The zero-order chi connectivity index (χ0) is 30.6. The van der Waals surface area contributed by atoms with Crippen molar-refractivity contribution in [2.45, 2.75) is 92.6 Å². The average molecular weight is 834 g/mol. The normalized spacial score (nSPS) is 12.7. The summed E-state index contributed by atoms with van der Waals surface area (Å²) in [5, 5.41) is 16.1. The molecule has 1 N–H and O–H groups in total. The minimum Gasteiger partial charge on any atom is 0 e. The molecule has 0 saturated heterocycles. The molecule has 6 heteroatoms. The largest absolute Gasteiger partial charge is 0 e. The minimum absolute atomic E-state index is 0. The van der Waals surface area contributed by atoms with Gasteiger partial charge in [-0.05, 0) is 25.7 Å². The fraction of sp³-hybridized carbons (Fsp3) is 0.405. The first-order valence-electron chi connectivity index (χ1n) is 15.5. The summed E-state index contributed by atoms with van der Waals surface area (Å²) in [5.41, 5.74) is 5.13. The molecule has 4 aromatic rings. The third kappa shape index (κ3) is 8.03. The van der Waals surface area contributed by atoms with Crippen molar-refractivity contribution in [3.05, 3.63) is 77.7 Å². The quantitative estimate of drug-likeness (QED) is 0.0696. The zero-order valence-corrected chi connectivity index (χ0v) is 32.2. The predicted molar refractivity (Wildman–Crippen MR) is 183 cm³/mol. The maximum absolute atomic E-state index is 11.7. The van der Waals surface area contributed by atoms with Crippen LogP contribution in [0.4, 0.5) is 0 Å². The molecule has 0 atom stereocenters. The Morgan fingerprint density at radius 1 is 0.953 bits per heavy atom. The SMILES string of the molecule is CCC(CC)C(=O)/C=C(\O)C(CC)CC.Cc1c2c([c-]c3ccccc13)-c1nccc3ccc([CH2][Ge]([CH3])([CH3])[CH3])c(c13)S2.[Ir]. The third-order valence-electron chi connectivity index (χ3n) is 8.37. The first-order chi connectivity index (χ1) is 20.0. The Morgan fingerprint density at radius 3 is 2.23 bits per heavy atom. The van der Waals surface area contributed by atoms with E-state index in [1.54, 1.807) is 0 Å². The van der Waals surface area contributed by atoms with E-state index in [2.05, 4.69) is 72.7 Å². The second-order valence-electron chi connectivity index (χ2n) is 12.6. The van der Waals surface area contributed by atoms with E-state index in [-0.39, 0.29) is 43.5 Å². The summed E-state index contributed by atoms with van der Waals surface area (Å²) in [6, 6.07) is 19.1. The van der Waals surface area contributed by atoms with Crippen LogP contribution < -0.4 is 0 Å². The molecule has 1 aromatic heterocycles. The number of benzene rings is 3. The van der Waals surface area contributed by atoms with E-state index >= 15 is 0 Å². The molecule has 231 valence electrons. The van der Waals surface area contributed by atoms with Gasteiger partial charge in [0.25, 0.3) is 0 Å². The number of rotatable bonds is 9. The van der Waals surface area contributed by atoms with Crippen molar-refractivity contribution in [3.8, 4) is 11.3 Å². The number of aryl methyl sites for hydroxylation is 1. The molecule has 1 aliphatic heterocycles. The summed E-state index contributed by atoms with van der Waals surface area (Å²) in [6.45, 7) is 10.3. The van der Waals surface area contributed by atoms with Gasteiger partial charge in [0, 0.05) is 38.0 Å². The van der Waals surface area contributed by atoms with Crippen molar-refractivity contribution < 1.29 is 30.0 Å². The van der Waals surface area contributed by atoms with Crippen LogP contribution in [-0.2, 0) is 30.2 Å². The molecule has 0 saturated carbocycles. The van der Waals surface area contributed by atoms with E-state index in [0.29, 0.717) is 0 Å². The number of fused-ring (bicyclic) bond motifs is 3. The van der Waals surface area contributed by atoms with E-state index < -0.39 is 13.3 Å².